The minimum Gasteiger partial charge on any atom is -0.457 e. The second kappa shape index (κ2) is 6.46. The molecule has 1 nitrogen and oxygen atoms in total. The first kappa shape index (κ1) is 13.0. The van der Waals surface area contributed by atoms with Gasteiger partial charge in [0.15, 0.2) is 0 Å². The maximum absolute atomic E-state index is 5.79. The van der Waals surface area contributed by atoms with Crippen molar-refractivity contribution in [3.05, 3.63) is 59.7 Å². The molecule has 2 aromatic carbocycles. The Kier molecular flexibility index (Phi) is 4.66. The largest absolute Gasteiger partial charge is 0.457 e. The summed E-state index contributed by atoms with van der Waals surface area (Å²) in [5, 5.41) is 0. The summed E-state index contributed by atoms with van der Waals surface area (Å²) in [6.07, 6.45) is 2.04. The molecule has 0 atom stereocenters. The summed E-state index contributed by atoms with van der Waals surface area (Å²) >= 11 is 5.72. The fourth-order valence-corrected chi connectivity index (χ4v) is 2.03. The van der Waals surface area contributed by atoms with Crippen LogP contribution in [0.2, 0.25) is 0 Å². The first-order chi connectivity index (χ1) is 8.79. The number of hydrogen-bond acceptors (Lipinski definition) is 1. The van der Waals surface area contributed by atoms with E-state index >= 15 is 0 Å². The quantitative estimate of drug-likeness (QED) is 0.691. The topological polar surface area (TPSA) is 9.23 Å². The summed E-state index contributed by atoms with van der Waals surface area (Å²) in [6, 6.07) is 16.1. The standard InChI is InChI=1S/C16H17ClO/c1-13-12-16(10-9-14(13)6-5-11-17)18-15-7-3-2-4-8-15/h2-4,7-10,12H,5-6,11H2,1H3. The summed E-state index contributed by atoms with van der Waals surface area (Å²) in [4.78, 5) is 0. The second-order valence-corrected chi connectivity index (χ2v) is 4.67. The summed E-state index contributed by atoms with van der Waals surface area (Å²) in [5.74, 6) is 2.46. The molecule has 2 heteroatoms. The Morgan fingerprint density at radius 2 is 1.78 bits per heavy atom. The van der Waals surface area contributed by atoms with E-state index in [1.807, 2.05) is 36.4 Å². The third-order valence-electron chi connectivity index (χ3n) is 2.87. The highest BCUT2D eigenvalue weighted by atomic mass is 35.5. The van der Waals surface area contributed by atoms with Gasteiger partial charge in [-0.05, 0) is 55.2 Å². The van der Waals surface area contributed by atoms with Gasteiger partial charge in [-0.15, -0.1) is 11.6 Å². The third-order valence-corrected chi connectivity index (χ3v) is 3.14. The molecule has 0 aromatic heterocycles. The predicted octanol–water partition coefficient (Wildman–Crippen LogP) is 4.96. The van der Waals surface area contributed by atoms with Gasteiger partial charge < -0.3 is 4.74 Å². The van der Waals surface area contributed by atoms with Gasteiger partial charge in [0, 0.05) is 5.88 Å². The van der Waals surface area contributed by atoms with Crippen molar-refractivity contribution in [1.29, 1.82) is 0 Å². The Morgan fingerprint density at radius 3 is 2.44 bits per heavy atom. The van der Waals surface area contributed by atoms with Gasteiger partial charge in [0.25, 0.3) is 0 Å². The number of alkyl halides is 1. The molecule has 0 spiro atoms. The van der Waals surface area contributed by atoms with Gasteiger partial charge in [-0.2, -0.15) is 0 Å². The molecular weight excluding hydrogens is 244 g/mol. The smallest absolute Gasteiger partial charge is 0.127 e. The Morgan fingerprint density at radius 1 is 1.00 bits per heavy atom. The highest BCUT2D eigenvalue weighted by molar-refractivity contribution is 6.17. The van der Waals surface area contributed by atoms with Gasteiger partial charge in [-0.1, -0.05) is 24.3 Å². The van der Waals surface area contributed by atoms with Gasteiger partial charge >= 0.3 is 0 Å². The van der Waals surface area contributed by atoms with Crippen LogP contribution in [0.25, 0.3) is 0 Å². The molecule has 0 fully saturated rings. The van der Waals surface area contributed by atoms with E-state index in [0.29, 0.717) is 5.88 Å². The Labute approximate surface area is 113 Å². The van der Waals surface area contributed by atoms with Crippen molar-refractivity contribution in [2.75, 3.05) is 5.88 Å². The maximum Gasteiger partial charge on any atom is 0.127 e. The lowest BCUT2D eigenvalue weighted by molar-refractivity contribution is 0.482. The fourth-order valence-electron chi connectivity index (χ4n) is 1.89. The van der Waals surface area contributed by atoms with Crippen molar-refractivity contribution in [3.63, 3.8) is 0 Å². The van der Waals surface area contributed by atoms with E-state index in [1.54, 1.807) is 0 Å². The van der Waals surface area contributed by atoms with Crippen LogP contribution in [0.3, 0.4) is 0 Å². The molecule has 0 amide bonds. The lowest BCUT2D eigenvalue weighted by Gasteiger charge is -2.09. The summed E-state index contributed by atoms with van der Waals surface area (Å²) in [7, 11) is 0. The molecule has 18 heavy (non-hydrogen) atoms. The van der Waals surface area contributed by atoms with E-state index in [4.69, 9.17) is 16.3 Å². The number of halogens is 1. The van der Waals surface area contributed by atoms with E-state index in [-0.39, 0.29) is 0 Å². The van der Waals surface area contributed by atoms with Crippen molar-refractivity contribution in [3.8, 4) is 11.5 Å². The summed E-state index contributed by atoms with van der Waals surface area (Å²) in [6.45, 7) is 2.11. The van der Waals surface area contributed by atoms with Crippen molar-refractivity contribution < 1.29 is 4.74 Å². The molecule has 0 bridgehead atoms. The van der Waals surface area contributed by atoms with Crippen molar-refractivity contribution in [2.45, 2.75) is 19.8 Å². The number of aryl methyl sites for hydroxylation is 2. The van der Waals surface area contributed by atoms with Gasteiger partial charge in [-0.3, -0.25) is 0 Å². The van der Waals surface area contributed by atoms with Crippen LogP contribution >= 0.6 is 11.6 Å². The normalized spacial score (nSPS) is 10.3. The predicted molar refractivity (Wildman–Crippen MR) is 76.7 cm³/mol. The van der Waals surface area contributed by atoms with Crippen LogP contribution in [0.15, 0.2) is 48.5 Å². The van der Waals surface area contributed by atoms with E-state index in [0.717, 1.165) is 24.3 Å². The summed E-state index contributed by atoms with van der Waals surface area (Å²) < 4.78 is 5.79. The Bertz CT molecular complexity index is 494. The zero-order chi connectivity index (χ0) is 12.8. The molecule has 94 valence electrons. The number of benzene rings is 2. The Balaban J connectivity index is 2.09. The first-order valence-electron chi connectivity index (χ1n) is 6.18. The van der Waals surface area contributed by atoms with Crippen LogP contribution < -0.4 is 4.74 Å². The molecule has 0 N–H and O–H groups in total. The van der Waals surface area contributed by atoms with Gasteiger partial charge in [0.1, 0.15) is 11.5 Å². The molecule has 0 aliphatic heterocycles. The lowest BCUT2D eigenvalue weighted by Crippen LogP contribution is -1.92. The van der Waals surface area contributed by atoms with Gasteiger partial charge in [-0.25, -0.2) is 0 Å². The van der Waals surface area contributed by atoms with Crippen LogP contribution in [-0.4, -0.2) is 5.88 Å². The average molecular weight is 261 g/mol. The van der Waals surface area contributed by atoms with Crippen LogP contribution in [0.4, 0.5) is 0 Å². The molecule has 0 saturated carbocycles. The molecule has 0 unspecified atom stereocenters. The number of hydrogen-bond donors (Lipinski definition) is 0. The Hall–Kier alpha value is -1.47. The molecule has 0 aliphatic carbocycles. The van der Waals surface area contributed by atoms with Crippen molar-refractivity contribution in [1.82, 2.24) is 0 Å². The second-order valence-electron chi connectivity index (χ2n) is 4.30. The highest BCUT2D eigenvalue weighted by Crippen LogP contribution is 2.24. The minimum absolute atomic E-state index is 0.710. The highest BCUT2D eigenvalue weighted by Gasteiger charge is 2.02. The van der Waals surface area contributed by atoms with Crippen LogP contribution in [0.5, 0.6) is 11.5 Å². The molecule has 0 radical (unpaired) electrons. The van der Waals surface area contributed by atoms with Crippen LogP contribution in [0.1, 0.15) is 17.5 Å². The zero-order valence-electron chi connectivity index (χ0n) is 10.5. The monoisotopic (exact) mass is 260 g/mol. The number of para-hydroxylation sites is 1. The molecule has 0 saturated heterocycles. The third kappa shape index (κ3) is 3.51. The molecule has 0 heterocycles. The molecule has 2 aromatic rings. The van der Waals surface area contributed by atoms with E-state index in [9.17, 15) is 0 Å². The van der Waals surface area contributed by atoms with Gasteiger partial charge in [0.05, 0.1) is 0 Å². The molecular formula is C16H17ClO. The fraction of sp³-hybridized carbons (Fsp3) is 0.250. The van der Waals surface area contributed by atoms with E-state index < -0.39 is 0 Å². The summed E-state index contributed by atoms with van der Waals surface area (Å²) in [5.41, 5.74) is 2.60. The van der Waals surface area contributed by atoms with Crippen molar-refractivity contribution >= 4 is 11.6 Å². The average Bonchev–Trinajstić information content (AvgIpc) is 2.39. The molecule has 2 rings (SSSR count). The van der Waals surface area contributed by atoms with Crippen LogP contribution in [-0.2, 0) is 6.42 Å². The lowest BCUT2D eigenvalue weighted by atomic mass is 10.0. The SMILES string of the molecule is Cc1cc(Oc2ccccc2)ccc1CCCCl. The first-order valence-corrected chi connectivity index (χ1v) is 6.71. The van der Waals surface area contributed by atoms with E-state index in [1.165, 1.54) is 11.1 Å². The maximum atomic E-state index is 5.79. The minimum atomic E-state index is 0.710. The van der Waals surface area contributed by atoms with Gasteiger partial charge in [0.2, 0.25) is 0 Å². The number of ether oxygens (including phenoxy) is 1. The van der Waals surface area contributed by atoms with Crippen LogP contribution in [0, 0.1) is 6.92 Å². The molecule has 0 aliphatic rings. The zero-order valence-corrected chi connectivity index (χ0v) is 11.3. The van der Waals surface area contributed by atoms with Crippen molar-refractivity contribution in [2.24, 2.45) is 0 Å². The van der Waals surface area contributed by atoms with E-state index in [2.05, 4.69) is 19.1 Å². The number of rotatable bonds is 5.